The second-order valence-corrected chi connectivity index (χ2v) is 4.98. The minimum Gasteiger partial charge on any atom is -0.392 e. The highest BCUT2D eigenvalue weighted by Crippen LogP contribution is 2.29. The molecule has 0 fully saturated rings. The van der Waals surface area contributed by atoms with Crippen molar-refractivity contribution in [1.82, 2.24) is 4.90 Å². The van der Waals surface area contributed by atoms with Crippen LogP contribution in [0.1, 0.15) is 38.8 Å². The standard InChI is InChI=1S/C13H14N2O2S/c1-6-4-5-7(2)10-9(6)12(16)15(13(10)17)8(3)11(14)18/h4-5,8H,1-3H3,(H2,14,18). The van der Waals surface area contributed by atoms with Crippen molar-refractivity contribution in [3.05, 3.63) is 34.4 Å². The van der Waals surface area contributed by atoms with Gasteiger partial charge in [0.25, 0.3) is 11.8 Å². The number of amides is 2. The molecule has 18 heavy (non-hydrogen) atoms. The zero-order chi connectivity index (χ0) is 13.6. The zero-order valence-corrected chi connectivity index (χ0v) is 11.3. The van der Waals surface area contributed by atoms with Gasteiger partial charge in [-0.05, 0) is 31.9 Å². The first-order chi connectivity index (χ1) is 8.36. The van der Waals surface area contributed by atoms with Crippen LogP contribution in [0.25, 0.3) is 0 Å². The predicted molar refractivity (Wildman–Crippen MR) is 72.7 cm³/mol. The van der Waals surface area contributed by atoms with E-state index >= 15 is 0 Å². The van der Waals surface area contributed by atoms with E-state index in [4.69, 9.17) is 18.0 Å². The third-order valence-corrected chi connectivity index (χ3v) is 3.63. The second-order valence-electron chi connectivity index (χ2n) is 4.51. The van der Waals surface area contributed by atoms with Crippen LogP contribution in [0.15, 0.2) is 12.1 Å². The molecule has 0 aliphatic carbocycles. The minimum absolute atomic E-state index is 0.139. The van der Waals surface area contributed by atoms with Crippen molar-refractivity contribution in [2.75, 3.05) is 0 Å². The summed E-state index contributed by atoms with van der Waals surface area (Å²) in [6, 6.07) is 3.12. The van der Waals surface area contributed by atoms with Crippen molar-refractivity contribution in [3.63, 3.8) is 0 Å². The van der Waals surface area contributed by atoms with E-state index in [1.807, 2.05) is 26.0 Å². The molecule has 0 saturated carbocycles. The van der Waals surface area contributed by atoms with E-state index in [2.05, 4.69) is 0 Å². The van der Waals surface area contributed by atoms with E-state index in [9.17, 15) is 9.59 Å². The Hall–Kier alpha value is -1.75. The van der Waals surface area contributed by atoms with Gasteiger partial charge in [-0.25, -0.2) is 0 Å². The summed E-state index contributed by atoms with van der Waals surface area (Å²) in [6.45, 7) is 5.30. The summed E-state index contributed by atoms with van der Waals surface area (Å²) >= 11 is 4.87. The van der Waals surface area contributed by atoms with Gasteiger partial charge in [-0.1, -0.05) is 24.4 Å². The SMILES string of the molecule is Cc1ccc(C)c2c1C(=O)N(C(C)C(N)=S)C2=O. The number of nitrogens with zero attached hydrogens (tertiary/aromatic N) is 1. The number of rotatable bonds is 2. The number of hydrogen-bond donors (Lipinski definition) is 1. The number of thiocarbonyl (C=S) groups is 1. The number of nitrogens with two attached hydrogens (primary N) is 1. The molecule has 2 rings (SSSR count). The highest BCUT2D eigenvalue weighted by Gasteiger charge is 2.41. The smallest absolute Gasteiger partial charge is 0.262 e. The Kier molecular flexibility index (Phi) is 2.94. The fourth-order valence-corrected chi connectivity index (χ4v) is 2.28. The van der Waals surface area contributed by atoms with E-state index in [0.29, 0.717) is 11.1 Å². The van der Waals surface area contributed by atoms with Crippen LogP contribution in [0, 0.1) is 13.8 Å². The van der Waals surface area contributed by atoms with Crippen LogP contribution >= 0.6 is 12.2 Å². The van der Waals surface area contributed by atoms with Crippen molar-refractivity contribution >= 4 is 29.0 Å². The van der Waals surface area contributed by atoms with Gasteiger partial charge in [0.1, 0.15) is 0 Å². The summed E-state index contributed by atoms with van der Waals surface area (Å²) < 4.78 is 0. The van der Waals surface area contributed by atoms with E-state index in [0.717, 1.165) is 16.0 Å². The number of benzene rings is 1. The average molecular weight is 262 g/mol. The zero-order valence-electron chi connectivity index (χ0n) is 10.5. The van der Waals surface area contributed by atoms with Gasteiger partial charge in [-0.2, -0.15) is 0 Å². The normalized spacial score (nSPS) is 15.8. The van der Waals surface area contributed by atoms with Gasteiger partial charge >= 0.3 is 0 Å². The lowest BCUT2D eigenvalue weighted by molar-refractivity contribution is 0.0635. The lowest BCUT2D eigenvalue weighted by Crippen LogP contribution is -2.45. The van der Waals surface area contributed by atoms with Gasteiger partial charge in [0.15, 0.2) is 0 Å². The number of imide groups is 1. The van der Waals surface area contributed by atoms with E-state index in [1.54, 1.807) is 6.92 Å². The second kappa shape index (κ2) is 4.17. The Bertz CT molecular complexity index is 540. The highest BCUT2D eigenvalue weighted by molar-refractivity contribution is 7.80. The summed E-state index contributed by atoms with van der Waals surface area (Å²) in [5.41, 5.74) is 8.08. The molecule has 1 aromatic carbocycles. The fraction of sp³-hybridized carbons (Fsp3) is 0.308. The Labute approximate surface area is 111 Å². The quantitative estimate of drug-likeness (QED) is 0.649. The van der Waals surface area contributed by atoms with Gasteiger partial charge in [0.2, 0.25) is 0 Å². The highest BCUT2D eigenvalue weighted by atomic mass is 32.1. The lowest BCUT2D eigenvalue weighted by atomic mass is 9.99. The van der Waals surface area contributed by atoms with E-state index in [1.165, 1.54) is 0 Å². The number of aryl methyl sites for hydroxylation is 2. The maximum Gasteiger partial charge on any atom is 0.262 e. The largest absolute Gasteiger partial charge is 0.392 e. The fourth-order valence-electron chi connectivity index (χ4n) is 2.17. The first-order valence-electron chi connectivity index (χ1n) is 5.63. The maximum absolute atomic E-state index is 12.3. The molecule has 2 N–H and O–H groups in total. The van der Waals surface area contributed by atoms with Crippen LogP contribution in [-0.4, -0.2) is 27.7 Å². The molecule has 0 aromatic heterocycles. The number of hydrogen-bond acceptors (Lipinski definition) is 3. The van der Waals surface area contributed by atoms with Crippen LogP contribution in [0.5, 0.6) is 0 Å². The van der Waals surface area contributed by atoms with Crippen LogP contribution in [0.4, 0.5) is 0 Å². The molecule has 0 spiro atoms. The Balaban J connectivity index is 2.61. The summed E-state index contributed by atoms with van der Waals surface area (Å²) in [6.07, 6.45) is 0. The van der Waals surface area contributed by atoms with Crippen LogP contribution in [0.2, 0.25) is 0 Å². The van der Waals surface area contributed by atoms with Crippen LogP contribution in [-0.2, 0) is 0 Å². The van der Waals surface area contributed by atoms with Gasteiger partial charge in [0, 0.05) is 0 Å². The molecule has 94 valence electrons. The summed E-state index contributed by atoms with van der Waals surface area (Å²) in [4.78, 5) is 25.9. The van der Waals surface area contributed by atoms with Gasteiger partial charge in [0.05, 0.1) is 22.2 Å². The first-order valence-corrected chi connectivity index (χ1v) is 6.04. The monoisotopic (exact) mass is 262 g/mol. The topological polar surface area (TPSA) is 63.4 Å². The van der Waals surface area contributed by atoms with Crippen LogP contribution in [0.3, 0.4) is 0 Å². The minimum atomic E-state index is -0.564. The molecule has 1 heterocycles. The third-order valence-electron chi connectivity index (χ3n) is 3.29. The molecule has 1 aromatic rings. The van der Waals surface area contributed by atoms with Crippen molar-refractivity contribution < 1.29 is 9.59 Å². The lowest BCUT2D eigenvalue weighted by Gasteiger charge is -2.21. The summed E-state index contributed by atoms with van der Waals surface area (Å²) in [5.74, 6) is -0.618. The van der Waals surface area contributed by atoms with E-state index < -0.39 is 6.04 Å². The molecule has 2 amide bonds. The van der Waals surface area contributed by atoms with Gasteiger partial charge in [-0.3, -0.25) is 14.5 Å². The average Bonchev–Trinajstić information content (AvgIpc) is 2.56. The molecule has 1 aliphatic heterocycles. The molecular formula is C13H14N2O2S. The number of carbonyl (C=O) groups excluding carboxylic acids is 2. The van der Waals surface area contributed by atoms with Crippen molar-refractivity contribution in [3.8, 4) is 0 Å². The molecule has 1 aliphatic rings. The Morgan fingerprint density at radius 2 is 1.56 bits per heavy atom. The summed E-state index contributed by atoms with van der Waals surface area (Å²) in [7, 11) is 0. The molecule has 0 bridgehead atoms. The van der Waals surface area contributed by atoms with Crippen LogP contribution < -0.4 is 5.73 Å². The predicted octanol–water partition coefficient (Wildman–Crippen LogP) is 1.57. The van der Waals surface area contributed by atoms with Gasteiger partial charge in [-0.15, -0.1) is 0 Å². The molecule has 1 atom stereocenters. The third kappa shape index (κ3) is 1.62. The molecule has 4 nitrogen and oxygen atoms in total. The Morgan fingerprint density at radius 1 is 1.17 bits per heavy atom. The molecule has 0 saturated heterocycles. The summed E-state index contributed by atoms with van der Waals surface area (Å²) in [5, 5.41) is 0. The Morgan fingerprint density at radius 3 is 1.89 bits per heavy atom. The first kappa shape index (κ1) is 12.7. The van der Waals surface area contributed by atoms with Crippen molar-refractivity contribution in [2.45, 2.75) is 26.8 Å². The molecular weight excluding hydrogens is 248 g/mol. The van der Waals surface area contributed by atoms with Crippen molar-refractivity contribution in [1.29, 1.82) is 0 Å². The molecule has 1 unspecified atom stereocenters. The maximum atomic E-state index is 12.3. The van der Waals surface area contributed by atoms with E-state index in [-0.39, 0.29) is 16.8 Å². The molecule has 5 heteroatoms. The van der Waals surface area contributed by atoms with Crippen molar-refractivity contribution in [2.24, 2.45) is 5.73 Å². The number of carbonyl (C=O) groups is 2. The van der Waals surface area contributed by atoms with Gasteiger partial charge < -0.3 is 5.73 Å². The number of fused-ring (bicyclic) bond motifs is 1. The molecule has 0 radical (unpaired) electrons.